The van der Waals surface area contributed by atoms with Gasteiger partial charge in [-0.05, 0) is 26.7 Å². The highest BCUT2D eigenvalue weighted by atomic mass is 14.9. The smallest absolute Gasteiger partial charge is 0.0971 e. The molecule has 1 aliphatic carbocycles. The lowest BCUT2D eigenvalue weighted by molar-refractivity contribution is 0.409. The van der Waals surface area contributed by atoms with Crippen molar-refractivity contribution in [2.24, 2.45) is 16.6 Å². The van der Waals surface area contributed by atoms with E-state index in [2.05, 4.69) is 18.8 Å². The summed E-state index contributed by atoms with van der Waals surface area (Å²) in [7, 11) is 0. The highest BCUT2D eigenvalue weighted by Gasteiger charge is 2.20. The molecule has 1 saturated carbocycles. The number of hydrogen-bond acceptors (Lipinski definition) is 1. The molecule has 58 valence electrons. The van der Waals surface area contributed by atoms with Gasteiger partial charge in [-0.2, -0.15) is 0 Å². The molecule has 10 heavy (non-hydrogen) atoms. The fourth-order valence-corrected chi connectivity index (χ4v) is 1.11. The maximum atomic E-state index is 5.73. The molecule has 1 fully saturated rings. The summed E-state index contributed by atoms with van der Waals surface area (Å²) in [6.45, 7) is 4.12. The predicted molar refractivity (Wildman–Crippen MR) is 44.1 cm³/mol. The Kier molecular flexibility index (Phi) is 2.30. The molecule has 2 nitrogen and oxygen atoms in total. The van der Waals surface area contributed by atoms with Crippen molar-refractivity contribution in [1.29, 1.82) is 0 Å². The minimum absolute atomic E-state index is 0.362. The van der Waals surface area contributed by atoms with Gasteiger partial charge < -0.3 is 5.73 Å². The topological polar surface area (TPSA) is 38.4 Å². The molecule has 0 saturated heterocycles. The van der Waals surface area contributed by atoms with Crippen LogP contribution < -0.4 is 5.73 Å². The lowest BCUT2D eigenvalue weighted by Crippen LogP contribution is -2.30. The highest BCUT2D eigenvalue weighted by molar-refractivity contribution is 5.83. The van der Waals surface area contributed by atoms with Crippen molar-refractivity contribution in [3.63, 3.8) is 0 Å². The summed E-state index contributed by atoms with van der Waals surface area (Å²) in [6.07, 6.45) is 3.84. The first kappa shape index (κ1) is 7.58. The molecule has 2 N–H and O–H groups in total. The number of aliphatic imine (C=N–C) groups is 1. The largest absolute Gasteiger partial charge is 0.387 e. The molecule has 0 radical (unpaired) electrons. The molecule has 0 bridgehead atoms. The zero-order valence-corrected chi connectivity index (χ0v) is 6.80. The van der Waals surface area contributed by atoms with E-state index in [-0.39, 0.29) is 0 Å². The SMILES string of the molecule is CC(C)N=C(N)C1CCC1. The van der Waals surface area contributed by atoms with Crippen molar-refractivity contribution in [2.75, 3.05) is 0 Å². The van der Waals surface area contributed by atoms with E-state index < -0.39 is 0 Å². The Bertz CT molecular complexity index is 134. The molecule has 0 amide bonds. The summed E-state index contributed by atoms with van der Waals surface area (Å²) in [6, 6.07) is 0.362. The summed E-state index contributed by atoms with van der Waals surface area (Å²) in [5, 5.41) is 0. The average Bonchev–Trinajstić information content (AvgIpc) is 1.55. The van der Waals surface area contributed by atoms with E-state index in [0.717, 1.165) is 5.84 Å². The van der Waals surface area contributed by atoms with Crippen LogP contribution in [0.2, 0.25) is 0 Å². The maximum Gasteiger partial charge on any atom is 0.0971 e. The number of nitrogens with zero attached hydrogens (tertiary/aromatic N) is 1. The van der Waals surface area contributed by atoms with Gasteiger partial charge in [0.15, 0.2) is 0 Å². The van der Waals surface area contributed by atoms with Crippen LogP contribution in [-0.2, 0) is 0 Å². The summed E-state index contributed by atoms with van der Waals surface area (Å²) >= 11 is 0. The fourth-order valence-electron chi connectivity index (χ4n) is 1.11. The van der Waals surface area contributed by atoms with Crippen LogP contribution in [0.25, 0.3) is 0 Å². The number of hydrogen-bond donors (Lipinski definition) is 1. The molecule has 0 aromatic rings. The standard InChI is InChI=1S/C8H16N2/c1-6(2)10-8(9)7-4-3-5-7/h6-7H,3-5H2,1-2H3,(H2,9,10). The van der Waals surface area contributed by atoms with E-state index in [4.69, 9.17) is 5.73 Å². The van der Waals surface area contributed by atoms with E-state index in [0.29, 0.717) is 12.0 Å². The molecule has 0 aromatic heterocycles. The zero-order chi connectivity index (χ0) is 7.56. The Morgan fingerprint density at radius 2 is 2.10 bits per heavy atom. The average molecular weight is 140 g/mol. The second-order valence-electron chi connectivity index (χ2n) is 3.28. The van der Waals surface area contributed by atoms with Gasteiger partial charge in [0, 0.05) is 12.0 Å². The third-order valence-corrected chi connectivity index (χ3v) is 1.93. The second-order valence-corrected chi connectivity index (χ2v) is 3.28. The fraction of sp³-hybridized carbons (Fsp3) is 0.875. The molecule has 2 heteroatoms. The normalized spacial score (nSPS) is 21.3. The second kappa shape index (κ2) is 3.04. The van der Waals surface area contributed by atoms with Gasteiger partial charge in [0.1, 0.15) is 0 Å². The van der Waals surface area contributed by atoms with Crippen LogP contribution >= 0.6 is 0 Å². The van der Waals surface area contributed by atoms with Crippen LogP contribution in [0, 0.1) is 5.92 Å². The Morgan fingerprint density at radius 3 is 2.40 bits per heavy atom. The molecule has 1 rings (SSSR count). The highest BCUT2D eigenvalue weighted by Crippen LogP contribution is 2.26. The van der Waals surface area contributed by atoms with E-state index >= 15 is 0 Å². The Labute approximate surface area is 62.5 Å². The number of amidine groups is 1. The minimum Gasteiger partial charge on any atom is -0.387 e. The molecule has 1 aliphatic rings. The van der Waals surface area contributed by atoms with Crippen LogP contribution in [0.15, 0.2) is 4.99 Å². The first-order chi connectivity index (χ1) is 4.70. The van der Waals surface area contributed by atoms with Crippen LogP contribution in [0.4, 0.5) is 0 Å². The lowest BCUT2D eigenvalue weighted by Gasteiger charge is -2.24. The first-order valence-corrected chi connectivity index (χ1v) is 4.03. The third kappa shape index (κ3) is 1.72. The van der Waals surface area contributed by atoms with Crippen molar-refractivity contribution in [2.45, 2.75) is 39.2 Å². The van der Waals surface area contributed by atoms with Crippen molar-refractivity contribution in [3.8, 4) is 0 Å². The molecule has 0 aliphatic heterocycles. The van der Waals surface area contributed by atoms with Gasteiger partial charge >= 0.3 is 0 Å². The maximum absolute atomic E-state index is 5.73. The monoisotopic (exact) mass is 140 g/mol. The van der Waals surface area contributed by atoms with Gasteiger partial charge in [0.2, 0.25) is 0 Å². The summed E-state index contributed by atoms with van der Waals surface area (Å²) < 4.78 is 0. The van der Waals surface area contributed by atoms with Crippen molar-refractivity contribution in [1.82, 2.24) is 0 Å². The predicted octanol–water partition coefficient (Wildman–Crippen LogP) is 1.55. The lowest BCUT2D eigenvalue weighted by atomic mass is 9.84. The molecular formula is C8H16N2. The van der Waals surface area contributed by atoms with E-state index in [9.17, 15) is 0 Å². The molecule has 0 aromatic carbocycles. The van der Waals surface area contributed by atoms with Crippen LogP contribution in [0.5, 0.6) is 0 Å². The number of nitrogens with two attached hydrogens (primary N) is 1. The zero-order valence-electron chi connectivity index (χ0n) is 6.80. The Morgan fingerprint density at radius 1 is 1.50 bits per heavy atom. The third-order valence-electron chi connectivity index (χ3n) is 1.93. The summed E-state index contributed by atoms with van der Waals surface area (Å²) in [4.78, 5) is 4.29. The first-order valence-electron chi connectivity index (χ1n) is 4.03. The van der Waals surface area contributed by atoms with Gasteiger partial charge in [-0.1, -0.05) is 6.42 Å². The molecule has 0 atom stereocenters. The van der Waals surface area contributed by atoms with Gasteiger partial charge in [-0.25, -0.2) is 0 Å². The molecular weight excluding hydrogens is 124 g/mol. The van der Waals surface area contributed by atoms with E-state index in [1.54, 1.807) is 0 Å². The molecule has 0 unspecified atom stereocenters. The number of rotatable bonds is 2. The van der Waals surface area contributed by atoms with Crippen LogP contribution in [-0.4, -0.2) is 11.9 Å². The van der Waals surface area contributed by atoms with Gasteiger partial charge in [-0.3, -0.25) is 4.99 Å². The Balaban J connectivity index is 2.38. The quantitative estimate of drug-likeness (QED) is 0.458. The Hall–Kier alpha value is -0.530. The van der Waals surface area contributed by atoms with Crippen molar-refractivity contribution in [3.05, 3.63) is 0 Å². The molecule has 0 heterocycles. The summed E-state index contributed by atoms with van der Waals surface area (Å²) in [5.41, 5.74) is 5.73. The van der Waals surface area contributed by atoms with Gasteiger partial charge in [0.25, 0.3) is 0 Å². The van der Waals surface area contributed by atoms with Crippen molar-refractivity contribution < 1.29 is 0 Å². The van der Waals surface area contributed by atoms with Gasteiger partial charge in [-0.15, -0.1) is 0 Å². The minimum atomic E-state index is 0.362. The van der Waals surface area contributed by atoms with Crippen LogP contribution in [0.3, 0.4) is 0 Å². The van der Waals surface area contributed by atoms with Crippen molar-refractivity contribution >= 4 is 5.84 Å². The molecule has 0 spiro atoms. The summed E-state index contributed by atoms with van der Waals surface area (Å²) in [5.74, 6) is 1.49. The van der Waals surface area contributed by atoms with Crippen LogP contribution in [0.1, 0.15) is 33.1 Å². The van der Waals surface area contributed by atoms with E-state index in [1.807, 2.05) is 0 Å². The van der Waals surface area contributed by atoms with Gasteiger partial charge in [0.05, 0.1) is 5.84 Å². The van der Waals surface area contributed by atoms with E-state index in [1.165, 1.54) is 19.3 Å².